The molecule has 1 aliphatic heterocycles. The molecule has 0 spiro atoms. The molecule has 1 fully saturated rings. The van der Waals surface area contributed by atoms with E-state index in [1.807, 2.05) is 0 Å². The minimum atomic E-state index is -4.64. The highest BCUT2D eigenvalue weighted by molar-refractivity contribution is 5.27. The number of rotatable bonds is 3. The van der Waals surface area contributed by atoms with Gasteiger partial charge in [0.15, 0.2) is 0 Å². The van der Waals surface area contributed by atoms with Gasteiger partial charge >= 0.3 is 6.18 Å². The zero-order valence-electron chi connectivity index (χ0n) is 9.65. The maximum absolute atomic E-state index is 13.1. The summed E-state index contributed by atoms with van der Waals surface area (Å²) in [5.41, 5.74) is -0.762. The van der Waals surface area contributed by atoms with Crippen molar-refractivity contribution in [3.05, 3.63) is 35.1 Å². The van der Waals surface area contributed by atoms with Gasteiger partial charge < -0.3 is 10.6 Å². The topological polar surface area (TPSA) is 24.1 Å². The first-order valence-corrected chi connectivity index (χ1v) is 5.76. The molecule has 18 heavy (non-hydrogen) atoms. The highest BCUT2D eigenvalue weighted by Crippen LogP contribution is 2.31. The molecule has 0 amide bonds. The SMILES string of the molecule is Fc1ccc(CN[C@H]2CCNC2)cc1C(F)(F)F. The smallest absolute Gasteiger partial charge is 0.315 e. The fourth-order valence-corrected chi connectivity index (χ4v) is 1.99. The highest BCUT2D eigenvalue weighted by atomic mass is 19.4. The molecule has 1 saturated heterocycles. The fourth-order valence-electron chi connectivity index (χ4n) is 1.99. The first-order valence-electron chi connectivity index (χ1n) is 5.76. The van der Waals surface area contributed by atoms with Gasteiger partial charge in [0, 0.05) is 19.1 Å². The van der Waals surface area contributed by atoms with Gasteiger partial charge in [-0.15, -0.1) is 0 Å². The molecule has 1 aliphatic rings. The third-order valence-corrected chi connectivity index (χ3v) is 2.99. The van der Waals surface area contributed by atoms with Crippen LogP contribution in [0.2, 0.25) is 0 Å². The molecule has 1 aromatic carbocycles. The van der Waals surface area contributed by atoms with E-state index in [1.165, 1.54) is 6.07 Å². The Labute approximate surface area is 102 Å². The number of halogens is 4. The second-order valence-electron chi connectivity index (χ2n) is 4.38. The molecule has 2 nitrogen and oxygen atoms in total. The van der Waals surface area contributed by atoms with Gasteiger partial charge in [-0.2, -0.15) is 13.2 Å². The van der Waals surface area contributed by atoms with Crippen molar-refractivity contribution in [1.82, 2.24) is 10.6 Å². The predicted molar refractivity (Wildman–Crippen MR) is 59.5 cm³/mol. The first kappa shape index (κ1) is 13.3. The van der Waals surface area contributed by atoms with Crippen molar-refractivity contribution in [2.24, 2.45) is 0 Å². The molecular weight excluding hydrogens is 248 g/mol. The number of alkyl halides is 3. The quantitative estimate of drug-likeness (QED) is 0.817. The standard InChI is InChI=1S/C12H14F4N2/c13-11-2-1-8(5-10(11)12(14,15)16)6-18-9-3-4-17-7-9/h1-2,5,9,17-18H,3-4,6-7H2/t9-/m0/s1. The van der Waals surface area contributed by atoms with E-state index in [4.69, 9.17) is 0 Å². The van der Waals surface area contributed by atoms with E-state index < -0.39 is 17.6 Å². The number of benzene rings is 1. The Morgan fingerprint density at radius 3 is 2.72 bits per heavy atom. The van der Waals surface area contributed by atoms with E-state index in [0.29, 0.717) is 12.1 Å². The van der Waals surface area contributed by atoms with Gasteiger partial charge in [-0.05, 0) is 30.7 Å². The lowest BCUT2D eigenvalue weighted by Gasteiger charge is -2.13. The lowest BCUT2D eigenvalue weighted by Crippen LogP contribution is -2.30. The molecule has 0 bridgehead atoms. The second-order valence-corrected chi connectivity index (χ2v) is 4.38. The van der Waals surface area contributed by atoms with E-state index in [9.17, 15) is 17.6 Å². The van der Waals surface area contributed by atoms with E-state index >= 15 is 0 Å². The number of nitrogens with one attached hydrogen (secondary N) is 2. The van der Waals surface area contributed by atoms with Gasteiger partial charge in [-0.3, -0.25) is 0 Å². The molecule has 0 radical (unpaired) electrons. The van der Waals surface area contributed by atoms with Gasteiger partial charge in [0.1, 0.15) is 5.82 Å². The molecule has 6 heteroatoms. The third-order valence-electron chi connectivity index (χ3n) is 2.99. The van der Waals surface area contributed by atoms with Gasteiger partial charge in [0.05, 0.1) is 5.56 Å². The van der Waals surface area contributed by atoms with Crippen LogP contribution in [0.1, 0.15) is 17.5 Å². The second kappa shape index (κ2) is 5.24. The summed E-state index contributed by atoms with van der Waals surface area (Å²) in [4.78, 5) is 0. The molecule has 100 valence electrons. The van der Waals surface area contributed by atoms with Gasteiger partial charge in [0.25, 0.3) is 0 Å². The molecule has 0 saturated carbocycles. The average molecular weight is 262 g/mol. The van der Waals surface area contributed by atoms with E-state index in [0.717, 1.165) is 31.6 Å². The summed E-state index contributed by atoms with van der Waals surface area (Å²) in [5.74, 6) is -1.23. The molecule has 1 heterocycles. The minimum absolute atomic E-state index is 0.268. The molecule has 0 unspecified atom stereocenters. The van der Waals surface area contributed by atoms with Crippen molar-refractivity contribution in [2.45, 2.75) is 25.2 Å². The third kappa shape index (κ3) is 3.20. The van der Waals surface area contributed by atoms with Crippen molar-refractivity contribution >= 4 is 0 Å². The van der Waals surface area contributed by atoms with Crippen molar-refractivity contribution < 1.29 is 17.6 Å². The van der Waals surface area contributed by atoms with Gasteiger partial charge in [0.2, 0.25) is 0 Å². The monoisotopic (exact) mass is 262 g/mol. The average Bonchev–Trinajstić information content (AvgIpc) is 2.79. The summed E-state index contributed by atoms with van der Waals surface area (Å²) in [6.07, 6.45) is -3.69. The van der Waals surface area contributed by atoms with Gasteiger partial charge in [-0.1, -0.05) is 6.07 Å². The van der Waals surface area contributed by atoms with Crippen LogP contribution in [0, 0.1) is 5.82 Å². The number of hydrogen-bond acceptors (Lipinski definition) is 2. The largest absolute Gasteiger partial charge is 0.419 e. The number of hydrogen-bond donors (Lipinski definition) is 2. The summed E-state index contributed by atoms with van der Waals surface area (Å²) in [6, 6.07) is 3.38. The zero-order valence-corrected chi connectivity index (χ0v) is 9.65. The lowest BCUT2D eigenvalue weighted by atomic mass is 10.1. The highest BCUT2D eigenvalue weighted by Gasteiger charge is 2.34. The van der Waals surface area contributed by atoms with E-state index in [-0.39, 0.29) is 6.04 Å². The van der Waals surface area contributed by atoms with Crippen LogP contribution in [-0.2, 0) is 12.7 Å². The normalized spacial score (nSPS) is 20.3. The van der Waals surface area contributed by atoms with Crippen molar-refractivity contribution in [3.8, 4) is 0 Å². The van der Waals surface area contributed by atoms with Crippen LogP contribution in [0.3, 0.4) is 0 Å². The van der Waals surface area contributed by atoms with Crippen molar-refractivity contribution in [2.75, 3.05) is 13.1 Å². The zero-order chi connectivity index (χ0) is 13.2. The molecule has 2 N–H and O–H groups in total. The first-order chi connectivity index (χ1) is 8.47. The van der Waals surface area contributed by atoms with E-state index in [2.05, 4.69) is 10.6 Å². The van der Waals surface area contributed by atoms with Gasteiger partial charge in [-0.25, -0.2) is 4.39 Å². The Kier molecular flexibility index (Phi) is 3.87. The Hall–Kier alpha value is -1.14. The maximum Gasteiger partial charge on any atom is 0.419 e. The van der Waals surface area contributed by atoms with Crippen molar-refractivity contribution in [1.29, 1.82) is 0 Å². The Morgan fingerprint density at radius 1 is 1.33 bits per heavy atom. The van der Waals surface area contributed by atoms with Crippen LogP contribution in [0.25, 0.3) is 0 Å². The maximum atomic E-state index is 13.1. The molecular formula is C12H14F4N2. The molecule has 0 aliphatic carbocycles. The summed E-state index contributed by atoms with van der Waals surface area (Å²) in [7, 11) is 0. The lowest BCUT2D eigenvalue weighted by molar-refractivity contribution is -0.140. The van der Waals surface area contributed by atoms with Crippen LogP contribution >= 0.6 is 0 Å². The summed E-state index contributed by atoms with van der Waals surface area (Å²) < 4.78 is 50.6. The Balaban J connectivity index is 2.04. The van der Waals surface area contributed by atoms with Crippen LogP contribution in [0.4, 0.5) is 17.6 Å². The van der Waals surface area contributed by atoms with E-state index in [1.54, 1.807) is 0 Å². The van der Waals surface area contributed by atoms with Crippen molar-refractivity contribution in [3.63, 3.8) is 0 Å². The van der Waals surface area contributed by atoms with Crippen LogP contribution in [0.5, 0.6) is 0 Å². The Bertz CT molecular complexity index is 411. The summed E-state index contributed by atoms with van der Waals surface area (Å²) in [5, 5.41) is 6.29. The van der Waals surface area contributed by atoms with Crippen LogP contribution in [0.15, 0.2) is 18.2 Å². The Morgan fingerprint density at radius 2 is 2.11 bits per heavy atom. The minimum Gasteiger partial charge on any atom is -0.315 e. The molecule has 1 aromatic rings. The molecule has 0 aromatic heterocycles. The van der Waals surface area contributed by atoms with Crippen LogP contribution in [-0.4, -0.2) is 19.1 Å². The fraction of sp³-hybridized carbons (Fsp3) is 0.500. The molecule has 2 rings (SSSR count). The summed E-state index contributed by atoms with van der Waals surface area (Å²) in [6.45, 7) is 2.04. The predicted octanol–water partition coefficient (Wildman–Crippen LogP) is 2.30. The molecule has 1 atom stereocenters. The van der Waals surface area contributed by atoms with Crippen LogP contribution < -0.4 is 10.6 Å². The summed E-state index contributed by atoms with van der Waals surface area (Å²) >= 11 is 0.